The van der Waals surface area contributed by atoms with Crippen molar-refractivity contribution in [3.05, 3.63) is 0 Å². The Bertz CT molecular complexity index is 587. The summed E-state index contributed by atoms with van der Waals surface area (Å²) in [6.45, 7) is 15.6. The van der Waals surface area contributed by atoms with E-state index in [-0.39, 0.29) is 11.6 Å². The van der Waals surface area contributed by atoms with E-state index in [1.54, 1.807) is 0 Å². The molecule has 2 saturated heterocycles. The van der Waals surface area contributed by atoms with Crippen LogP contribution in [0.4, 0.5) is 0 Å². The summed E-state index contributed by atoms with van der Waals surface area (Å²) in [6.07, 6.45) is 10.6. The normalized spacial score (nSPS) is 32.5. The summed E-state index contributed by atoms with van der Waals surface area (Å²) >= 11 is 0. The number of piperazine rings is 2. The molecule has 0 aromatic carbocycles. The number of hydrogen-bond donors (Lipinski definition) is 1. The third-order valence-corrected chi connectivity index (χ3v) is 8.54. The average Bonchev–Trinajstić information content (AvgIpc) is 2.80. The Morgan fingerprint density at radius 3 is 1.51 bits per heavy atom. The Morgan fingerprint density at radius 2 is 1.11 bits per heavy atom. The molecule has 4 rings (SSSR count). The fraction of sp³-hybridized carbons (Fsp3) is 0.964. The van der Waals surface area contributed by atoms with Crippen LogP contribution in [-0.2, 0) is 9.53 Å². The Balaban J connectivity index is 0.000000211. The topological polar surface area (TPSA) is 65.3 Å². The maximum Gasteiger partial charge on any atom is 0.306 e. The SMILES string of the molecule is CN1CCN(C2CCC(CC(=O)OC(C)(C)C)CC2)CC1.CN1CCN(C2CCC(N)CC2)CC1. The zero-order valence-corrected chi connectivity index (χ0v) is 23.5. The van der Waals surface area contributed by atoms with Crippen molar-refractivity contribution in [3.63, 3.8) is 0 Å². The van der Waals surface area contributed by atoms with Gasteiger partial charge >= 0.3 is 5.97 Å². The summed E-state index contributed by atoms with van der Waals surface area (Å²) in [7, 11) is 4.42. The molecule has 35 heavy (non-hydrogen) atoms. The fourth-order valence-corrected chi connectivity index (χ4v) is 6.17. The molecule has 2 aliphatic carbocycles. The summed E-state index contributed by atoms with van der Waals surface area (Å²) in [5, 5.41) is 0. The van der Waals surface area contributed by atoms with E-state index in [2.05, 4.69) is 33.7 Å². The van der Waals surface area contributed by atoms with E-state index in [0.717, 1.165) is 12.1 Å². The molecule has 7 nitrogen and oxygen atoms in total. The van der Waals surface area contributed by atoms with Crippen molar-refractivity contribution in [2.75, 3.05) is 66.5 Å². The molecule has 204 valence electrons. The molecule has 7 heteroatoms. The van der Waals surface area contributed by atoms with Gasteiger partial charge in [0.1, 0.15) is 5.60 Å². The monoisotopic (exact) mass is 493 g/mol. The molecule has 0 aromatic heterocycles. The predicted molar refractivity (Wildman–Crippen MR) is 145 cm³/mol. The smallest absolute Gasteiger partial charge is 0.306 e. The van der Waals surface area contributed by atoms with Crippen LogP contribution in [0.5, 0.6) is 0 Å². The van der Waals surface area contributed by atoms with Crippen LogP contribution < -0.4 is 5.73 Å². The number of rotatable bonds is 4. The third kappa shape index (κ3) is 10.3. The number of nitrogens with two attached hydrogens (primary N) is 1. The van der Waals surface area contributed by atoms with Crippen LogP contribution in [0.1, 0.15) is 78.6 Å². The number of carbonyl (C=O) groups is 1. The van der Waals surface area contributed by atoms with Crippen LogP contribution in [0, 0.1) is 5.92 Å². The summed E-state index contributed by atoms with van der Waals surface area (Å²) in [5.74, 6) is 0.508. The molecule has 2 aliphatic heterocycles. The van der Waals surface area contributed by atoms with Gasteiger partial charge in [-0.3, -0.25) is 14.6 Å². The Hall–Kier alpha value is -0.730. The lowest BCUT2D eigenvalue weighted by Gasteiger charge is -2.41. The molecule has 0 unspecified atom stereocenters. The molecule has 2 N–H and O–H groups in total. The third-order valence-electron chi connectivity index (χ3n) is 8.54. The van der Waals surface area contributed by atoms with Gasteiger partial charge in [0.15, 0.2) is 0 Å². The highest BCUT2D eigenvalue weighted by atomic mass is 16.6. The average molecular weight is 494 g/mol. The Kier molecular flexibility index (Phi) is 11.3. The van der Waals surface area contributed by atoms with Gasteiger partial charge in [-0.1, -0.05) is 0 Å². The van der Waals surface area contributed by atoms with E-state index in [4.69, 9.17) is 10.5 Å². The number of likely N-dealkylation sites (N-methyl/N-ethyl adjacent to an activating group) is 2. The minimum atomic E-state index is -0.353. The summed E-state index contributed by atoms with van der Waals surface area (Å²) < 4.78 is 5.44. The van der Waals surface area contributed by atoms with Crippen molar-refractivity contribution in [1.29, 1.82) is 0 Å². The van der Waals surface area contributed by atoms with Crippen LogP contribution in [0.3, 0.4) is 0 Å². The molecule has 0 radical (unpaired) electrons. The van der Waals surface area contributed by atoms with Gasteiger partial charge in [0.25, 0.3) is 0 Å². The lowest BCUT2D eigenvalue weighted by atomic mass is 9.83. The first kappa shape index (κ1) is 28.8. The maximum atomic E-state index is 11.9. The first-order chi connectivity index (χ1) is 16.6. The molecular weight excluding hydrogens is 438 g/mol. The standard InChI is InChI=1S/C17H32N2O2.C11H23N3/c1-17(2,3)21-16(20)13-14-5-7-15(8-6-14)19-11-9-18(4)10-12-19;1-13-6-8-14(9-7-13)11-4-2-10(12)3-5-11/h14-15H,5-13H2,1-4H3;10-11H,2-9,12H2,1H3. The van der Waals surface area contributed by atoms with Crippen molar-refractivity contribution >= 4 is 5.97 Å². The van der Waals surface area contributed by atoms with E-state index < -0.39 is 0 Å². The van der Waals surface area contributed by atoms with Crippen LogP contribution in [0.2, 0.25) is 0 Å². The minimum Gasteiger partial charge on any atom is -0.460 e. The van der Waals surface area contributed by atoms with Gasteiger partial charge < -0.3 is 20.3 Å². The number of carbonyl (C=O) groups excluding carboxylic acids is 1. The van der Waals surface area contributed by atoms with Crippen molar-refractivity contribution in [2.24, 2.45) is 11.7 Å². The number of nitrogens with zero attached hydrogens (tertiary/aromatic N) is 4. The molecule has 0 aromatic rings. The second-order valence-corrected chi connectivity index (χ2v) is 12.7. The van der Waals surface area contributed by atoms with E-state index in [1.165, 1.54) is 104 Å². The lowest BCUT2D eigenvalue weighted by molar-refractivity contribution is -0.156. The second kappa shape index (κ2) is 13.7. The zero-order valence-electron chi connectivity index (χ0n) is 23.5. The summed E-state index contributed by atoms with van der Waals surface area (Å²) in [5.41, 5.74) is 5.57. The minimum absolute atomic E-state index is 0.0226. The zero-order chi connectivity index (χ0) is 25.4. The van der Waals surface area contributed by atoms with Gasteiger partial charge in [0.05, 0.1) is 0 Å². The van der Waals surface area contributed by atoms with Crippen LogP contribution in [0.25, 0.3) is 0 Å². The number of ether oxygens (including phenoxy) is 1. The molecule has 0 spiro atoms. The van der Waals surface area contributed by atoms with Crippen molar-refractivity contribution in [1.82, 2.24) is 19.6 Å². The summed E-state index contributed by atoms with van der Waals surface area (Å²) in [6, 6.07) is 2.07. The highest BCUT2D eigenvalue weighted by molar-refractivity contribution is 5.70. The molecule has 0 atom stereocenters. The molecular formula is C28H55N5O2. The Morgan fingerprint density at radius 1 is 0.714 bits per heavy atom. The van der Waals surface area contributed by atoms with Crippen molar-refractivity contribution < 1.29 is 9.53 Å². The van der Waals surface area contributed by atoms with E-state index in [1.807, 2.05) is 20.8 Å². The highest BCUT2D eigenvalue weighted by Crippen LogP contribution is 2.31. The van der Waals surface area contributed by atoms with Gasteiger partial charge in [-0.25, -0.2) is 0 Å². The van der Waals surface area contributed by atoms with E-state index >= 15 is 0 Å². The Labute approximate surface area is 215 Å². The first-order valence-corrected chi connectivity index (χ1v) is 14.4. The van der Waals surface area contributed by atoms with E-state index in [0.29, 0.717) is 18.4 Å². The van der Waals surface area contributed by atoms with Crippen LogP contribution in [-0.4, -0.2) is 116 Å². The largest absolute Gasteiger partial charge is 0.460 e. The fourth-order valence-electron chi connectivity index (χ4n) is 6.17. The first-order valence-electron chi connectivity index (χ1n) is 14.4. The maximum absolute atomic E-state index is 11.9. The van der Waals surface area contributed by atoms with Gasteiger partial charge in [-0.05, 0) is 92.2 Å². The number of esters is 1. The van der Waals surface area contributed by atoms with Crippen molar-refractivity contribution in [2.45, 2.75) is 102 Å². The van der Waals surface area contributed by atoms with Gasteiger partial charge in [0.2, 0.25) is 0 Å². The molecule has 4 fully saturated rings. The summed E-state index contributed by atoms with van der Waals surface area (Å²) in [4.78, 5) is 22.1. The predicted octanol–water partition coefficient (Wildman–Crippen LogP) is 3.03. The molecule has 2 saturated carbocycles. The second-order valence-electron chi connectivity index (χ2n) is 12.7. The van der Waals surface area contributed by atoms with Crippen LogP contribution >= 0.6 is 0 Å². The molecule has 2 heterocycles. The van der Waals surface area contributed by atoms with Crippen molar-refractivity contribution in [3.8, 4) is 0 Å². The van der Waals surface area contributed by atoms with Gasteiger partial charge in [-0.2, -0.15) is 0 Å². The van der Waals surface area contributed by atoms with E-state index in [9.17, 15) is 4.79 Å². The number of hydrogen-bond acceptors (Lipinski definition) is 7. The van der Waals surface area contributed by atoms with Crippen LogP contribution in [0.15, 0.2) is 0 Å². The molecule has 0 amide bonds. The molecule has 0 bridgehead atoms. The van der Waals surface area contributed by atoms with Gasteiger partial charge in [0, 0.05) is 76.9 Å². The lowest BCUT2D eigenvalue weighted by Crippen LogP contribution is -2.50. The quantitative estimate of drug-likeness (QED) is 0.604. The highest BCUT2D eigenvalue weighted by Gasteiger charge is 2.30. The molecule has 4 aliphatic rings. The van der Waals surface area contributed by atoms with Gasteiger partial charge in [-0.15, -0.1) is 0 Å².